The lowest BCUT2D eigenvalue weighted by atomic mass is 10.1. The van der Waals surface area contributed by atoms with Gasteiger partial charge in [-0.25, -0.2) is 5.84 Å². The fraction of sp³-hybridized carbons (Fsp3) is 0.917. The Bertz CT molecular complexity index is 189. The summed E-state index contributed by atoms with van der Waals surface area (Å²) in [6, 6.07) is 0. The molecule has 1 rings (SSSR count). The van der Waals surface area contributed by atoms with E-state index in [0.717, 1.165) is 19.4 Å². The second-order valence-electron chi connectivity index (χ2n) is 4.63. The molecule has 1 fully saturated rings. The summed E-state index contributed by atoms with van der Waals surface area (Å²) in [7, 11) is 0. The number of unbranched alkanes of at least 4 members (excludes halogenated alkanes) is 1. The van der Waals surface area contributed by atoms with Gasteiger partial charge in [-0.2, -0.15) is 0 Å². The highest BCUT2D eigenvalue weighted by Gasteiger charge is 2.07. The van der Waals surface area contributed by atoms with Crippen molar-refractivity contribution in [2.45, 2.75) is 51.4 Å². The number of carbonyl (C=O) groups is 1. The molecule has 3 N–H and O–H groups in total. The Labute approximate surface area is 98.5 Å². The van der Waals surface area contributed by atoms with Crippen LogP contribution >= 0.6 is 0 Å². The number of nitrogens with one attached hydrogen (secondary N) is 1. The lowest BCUT2D eigenvalue weighted by Gasteiger charge is -2.24. The molecule has 1 aliphatic heterocycles. The minimum atomic E-state index is -0.0485. The summed E-state index contributed by atoms with van der Waals surface area (Å²) >= 11 is 0. The summed E-state index contributed by atoms with van der Waals surface area (Å²) < 4.78 is 0. The maximum Gasteiger partial charge on any atom is 0.233 e. The van der Waals surface area contributed by atoms with E-state index in [4.69, 9.17) is 5.84 Å². The standard InChI is InChI=1S/C12H25N3O/c13-14-12(16)8-4-7-11-15-9-5-2-1-3-6-10-15/h1-11,13H2,(H,14,16). The third kappa shape index (κ3) is 6.08. The summed E-state index contributed by atoms with van der Waals surface area (Å²) in [4.78, 5) is 13.5. The molecule has 94 valence electrons. The van der Waals surface area contributed by atoms with Crippen LogP contribution in [-0.2, 0) is 4.79 Å². The van der Waals surface area contributed by atoms with E-state index >= 15 is 0 Å². The first kappa shape index (κ1) is 13.5. The van der Waals surface area contributed by atoms with Crippen LogP contribution in [0.5, 0.6) is 0 Å². The van der Waals surface area contributed by atoms with Crippen LogP contribution in [0.25, 0.3) is 0 Å². The van der Waals surface area contributed by atoms with Crippen molar-refractivity contribution in [1.82, 2.24) is 10.3 Å². The number of nitrogens with zero attached hydrogens (tertiary/aromatic N) is 1. The second-order valence-corrected chi connectivity index (χ2v) is 4.63. The molecule has 4 nitrogen and oxygen atoms in total. The van der Waals surface area contributed by atoms with Gasteiger partial charge in [0, 0.05) is 6.42 Å². The molecular weight excluding hydrogens is 202 g/mol. The van der Waals surface area contributed by atoms with Crippen molar-refractivity contribution in [2.75, 3.05) is 19.6 Å². The fourth-order valence-electron chi connectivity index (χ4n) is 2.23. The number of nitrogens with two attached hydrogens (primary N) is 1. The van der Waals surface area contributed by atoms with E-state index in [9.17, 15) is 4.79 Å². The Balaban J connectivity index is 2.03. The van der Waals surface area contributed by atoms with Crippen molar-refractivity contribution in [2.24, 2.45) is 5.84 Å². The molecule has 1 saturated heterocycles. The maximum atomic E-state index is 10.9. The molecule has 0 bridgehead atoms. The molecule has 0 spiro atoms. The third-order valence-electron chi connectivity index (χ3n) is 3.24. The van der Waals surface area contributed by atoms with Crippen LogP contribution in [0, 0.1) is 0 Å². The largest absolute Gasteiger partial charge is 0.303 e. The average molecular weight is 227 g/mol. The third-order valence-corrected chi connectivity index (χ3v) is 3.24. The SMILES string of the molecule is NNC(=O)CCCCN1CCCCCCC1. The van der Waals surface area contributed by atoms with Crippen LogP contribution in [-0.4, -0.2) is 30.4 Å². The summed E-state index contributed by atoms with van der Waals surface area (Å²) in [6.07, 6.45) is 9.45. The Hall–Kier alpha value is -0.610. The molecule has 16 heavy (non-hydrogen) atoms. The van der Waals surface area contributed by atoms with Gasteiger partial charge in [0.1, 0.15) is 0 Å². The van der Waals surface area contributed by atoms with Gasteiger partial charge in [0.15, 0.2) is 0 Å². The van der Waals surface area contributed by atoms with Crippen LogP contribution in [0.4, 0.5) is 0 Å². The highest BCUT2D eigenvalue weighted by molar-refractivity contribution is 5.75. The molecule has 4 heteroatoms. The number of hydrogen-bond acceptors (Lipinski definition) is 3. The van der Waals surface area contributed by atoms with Gasteiger partial charge < -0.3 is 4.90 Å². The van der Waals surface area contributed by atoms with Gasteiger partial charge in [0.25, 0.3) is 0 Å². The first-order valence-electron chi connectivity index (χ1n) is 6.55. The van der Waals surface area contributed by atoms with E-state index in [1.54, 1.807) is 0 Å². The maximum absolute atomic E-state index is 10.9. The Kier molecular flexibility index (Phi) is 7.17. The summed E-state index contributed by atoms with van der Waals surface area (Å²) in [5, 5.41) is 0. The predicted octanol–water partition coefficient (Wildman–Crippen LogP) is 1.41. The quantitative estimate of drug-likeness (QED) is 0.323. The summed E-state index contributed by atoms with van der Waals surface area (Å²) in [5.74, 6) is 4.98. The van der Waals surface area contributed by atoms with Gasteiger partial charge in [-0.1, -0.05) is 19.3 Å². The highest BCUT2D eigenvalue weighted by Crippen LogP contribution is 2.11. The van der Waals surface area contributed by atoms with Crippen LogP contribution in [0.3, 0.4) is 0 Å². The molecule has 0 aromatic rings. The van der Waals surface area contributed by atoms with Crippen molar-refractivity contribution < 1.29 is 4.79 Å². The molecule has 0 aromatic heterocycles. The zero-order chi connectivity index (χ0) is 11.6. The zero-order valence-corrected chi connectivity index (χ0v) is 10.2. The molecule has 0 aromatic carbocycles. The molecule has 0 saturated carbocycles. The van der Waals surface area contributed by atoms with Crippen molar-refractivity contribution >= 4 is 5.91 Å². The topological polar surface area (TPSA) is 58.4 Å². The van der Waals surface area contributed by atoms with Crippen LogP contribution in [0.1, 0.15) is 51.4 Å². The van der Waals surface area contributed by atoms with Crippen molar-refractivity contribution in [3.63, 3.8) is 0 Å². The van der Waals surface area contributed by atoms with Crippen LogP contribution in [0.15, 0.2) is 0 Å². The van der Waals surface area contributed by atoms with Crippen molar-refractivity contribution in [3.8, 4) is 0 Å². The lowest BCUT2D eigenvalue weighted by Crippen LogP contribution is -2.30. The van der Waals surface area contributed by atoms with E-state index in [2.05, 4.69) is 10.3 Å². The summed E-state index contributed by atoms with van der Waals surface area (Å²) in [5.41, 5.74) is 2.17. The van der Waals surface area contributed by atoms with E-state index in [1.165, 1.54) is 45.2 Å². The summed E-state index contributed by atoms with van der Waals surface area (Å²) in [6.45, 7) is 3.62. The lowest BCUT2D eigenvalue weighted by molar-refractivity contribution is -0.121. The van der Waals surface area contributed by atoms with Gasteiger partial charge in [-0.05, 0) is 45.3 Å². The monoisotopic (exact) mass is 227 g/mol. The predicted molar refractivity (Wildman–Crippen MR) is 65.7 cm³/mol. The van der Waals surface area contributed by atoms with Gasteiger partial charge in [-0.3, -0.25) is 10.2 Å². The van der Waals surface area contributed by atoms with Crippen LogP contribution < -0.4 is 11.3 Å². The van der Waals surface area contributed by atoms with Crippen LogP contribution in [0.2, 0.25) is 0 Å². The molecule has 1 amide bonds. The van der Waals surface area contributed by atoms with Gasteiger partial charge in [0.05, 0.1) is 0 Å². The molecule has 1 heterocycles. The number of amides is 1. The molecule has 0 radical (unpaired) electrons. The molecule has 0 atom stereocenters. The van der Waals surface area contributed by atoms with E-state index in [-0.39, 0.29) is 5.91 Å². The minimum absolute atomic E-state index is 0.0485. The normalized spacial score (nSPS) is 18.8. The number of hydrogen-bond donors (Lipinski definition) is 2. The van der Waals surface area contributed by atoms with Gasteiger partial charge in [-0.15, -0.1) is 0 Å². The first-order chi connectivity index (χ1) is 7.83. The molecule has 1 aliphatic rings. The van der Waals surface area contributed by atoms with Crippen molar-refractivity contribution in [1.29, 1.82) is 0 Å². The van der Waals surface area contributed by atoms with E-state index < -0.39 is 0 Å². The Morgan fingerprint density at radius 3 is 2.31 bits per heavy atom. The molecule has 0 aliphatic carbocycles. The number of likely N-dealkylation sites (tertiary alicyclic amines) is 1. The number of rotatable bonds is 5. The van der Waals surface area contributed by atoms with E-state index in [0.29, 0.717) is 6.42 Å². The number of carbonyl (C=O) groups excluding carboxylic acids is 1. The second kappa shape index (κ2) is 8.53. The minimum Gasteiger partial charge on any atom is -0.303 e. The fourth-order valence-corrected chi connectivity index (χ4v) is 2.23. The van der Waals surface area contributed by atoms with Gasteiger partial charge in [0.2, 0.25) is 5.91 Å². The average Bonchev–Trinajstić information content (AvgIpc) is 2.26. The molecule has 0 unspecified atom stereocenters. The molecular formula is C12H25N3O. The highest BCUT2D eigenvalue weighted by atomic mass is 16.2. The Morgan fingerprint density at radius 1 is 1.06 bits per heavy atom. The first-order valence-corrected chi connectivity index (χ1v) is 6.55. The Morgan fingerprint density at radius 2 is 1.69 bits per heavy atom. The number of hydrazine groups is 1. The van der Waals surface area contributed by atoms with Crippen molar-refractivity contribution in [3.05, 3.63) is 0 Å². The smallest absolute Gasteiger partial charge is 0.233 e. The van der Waals surface area contributed by atoms with Gasteiger partial charge >= 0.3 is 0 Å². The van der Waals surface area contributed by atoms with E-state index in [1.807, 2.05) is 0 Å². The zero-order valence-electron chi connectivity index (χ0n) is 10.2.